The lowest BCUT2D eigenvalue weighted by atomic mass is 9.93. The lowest BCUT2D eigenvalue weighted by Gasteiger charge is -2.32. The fourth-order valence-corrected chi connectivity index (χ4v) is 3.48. The Labute approximate surface area is 149 Å². The number of rotatable bonds is 5. The Morgan fingerprint density at radius 3 is 2.30 bits per heavy atom. The normalized spacial score (nSPS) is 15.3. The van der Waals surface area contributed by atoms with Gasteiger partial charge in [0, 0.05) is 23.1 Å². The number of hydrogen-bond donors (Lipinski definition) is 1. The molecule has 6 nitrogen and oxygen atoms in total. The third-order valence-corrected chi connectivity index (χ3v) is 4.99. The third-order valence-electron chi connectivity index (χ3n) is 4.10. The second-order valence-corrected chi connectivity index (χ2v) is 6.76. The standard InChI is InChI=1S/C16H21IN2O4/c1-22-13-8-11(12(17)9-14(13)23-2)16(21)19-5-3-10(4-6-19)7-15(18)20/h8-10H,3-7H2,1-2H3,(H2,18,20). The van der Waals surface area contributed by atoms with Gasteiger partial charge in [-0.15, -0.1) is 0 Å². The highest BCUT2D eigenvalue weighted by Gasteiger charge is 2.26. The minimum atomic E-state index is -0.274. The van der Waals surface area contributed by atoms with Crippen molar-refractivity contribution in [3.63, 3.8) is 0 Å². The number of carbonyl (C=O) groups is 2. The summed E-state index contributed by atoms with van der Waals surface area (Å²) in [4.78, 5) is 25.6. The smallest absolute Gasteiger partial charge is 0.255 e. The zero-order valence-corrected chi connectivity index (χ0v) is 15.5. The van der Waals surface area contributed by atoms with Gasteiger partial charge in [0.2, 0.25) is 5.91 Å². The zero-order valence-electron chi connectivity index (χ0n) is 13.3. The highest BCUT2D eigenvalue weighted by atomic mass is 127. The van der Waals surface area contributed by atoms with E-state index in [4.69, 9.17) is 15.2 Å². The zero-order chi connectivity index (χ0) is 17.0. The van der Waals surface area contributed by atoms with Crippen LogP contribution in [0.3, 0.4) is 0 Å². The molecule has 1 aliphatic rings. The molecular formula is C16H21IN2O4. The molecular weight excluding hydrogens is 411 g/mol. The van der Waals surface area contributed by atoms with E-state index in [1.807, 2.05) is 4.90 Å². The van der Waals surface area contributed by atoms with Gasteiger partial charge < -0.3 is 20.1 Å². The number of hydrogen-bond acceptors (Lipinski definition) is 4. The van der Waals surface area contributed by atoms with E-state index in [-0.39, 0.29) is 17.7 Å². The number of primary amides is 1. The lowest BCUT2D eigenvalue weighted by Crippen LogP contribution is -2.39. The number of nitrogens with zero attached hydrogens (tertiary/aromatic N) is 1. The molecule has 23 heavy (non-hydrogen) atoms. The SMILES string of the molecule is COc1cc(I)c(C(=O)N2CCC(CC(N)=O)CC2)cc1OC. The topological polar surface area (TPSA) is 81.9 Å². The maximum Gasteiger partial charge on any atom is 0.255 e. The molecule has 2 N–H and O–H groups in total. The van der Waals surface area contributed by atoms with Gasteiger partial charge in [-0.05, 0) is 53.5 Å². The minimum Gasteiger partial charge on any atom is -0.493 e. The van der Waals surface area contributed by atoms with Crippen LogP contribution in [0.5, 0.6) is 11.5 Å². The van der Waals surface area contributed by atoms with E-state index in [0.717, 1.165) is 16.4 Å². The first-order chi connectivity index (χ1) is 11.0. The van der Waals surface area contributed by atoms with Gasteiger partial charge in [-0.3, -0.25) is 9.59 Å². The van der Waals surface area contributed by atoms with Gasteiger partial charge in [-0.2, -0.15) is 0 Å². The van der Waals surface area contributed by atoms with Crippen molar-refractivity contribution in [1.29, 1.82) is 0 Å². The minimum absolute atomic E-state index is 0.0205. The van der Waals surface area contributed by atoms with Crippen molar-refractivity contribution in [2.24, 2.45) is 11.7 Å². The maximum absolute atomic E-state index is 12.8. The molecule has 0 spiro atoms. The van der Waals surface area contributed by atoms with Gasteiger partial charge >= 0.3 is 0 Å². The molecule has 0 unspecified atom stereocenters. The van der Waals surface area contributed by atoms with E-state index in [1.54, 1.807) is 26.4 Å². The van der Waals surface area contributed by atoms with Crippen molar-refractivity contribution in [3.05, 3.63) is 21.3 Å². The number of benzene rings is 1. The fourth-order valence-electron chi connectivity index (χ4n) is 2.81. The molecule has 2 rings (SSSR count). The Bertz CT molecular complexity index is 598. The largest absolute Gasteiger partial charge is 0.493 e. The summed E-state index contributed by atoms with van der Waals surface area (Å²) in [6.07, 6.45) is 2.01. The van der Waals surface area contributed by atoms with E-state index in [0.29, 0.717) is 36.6 Å². The van der Waals surface area contributed by atoms with E-state index < -0.39 is 0 Å². The molecule has 1 aromatic rings. The number of ether oxygens (including phenoxy) is 2. The highest BCUT2D eigenvalue weighted by Crippen LogP contribution is 2.32. The van der Waals surface area contributed by atoms with Gasteiger partial charge in [0.1, 0.15) is 0 Å². The molecule has 0 bridgehead atoms. The van der Waals surface area contributed by atoms with Crippen molar-refractivity contribution < 1.29 is 19.1 Å². The van der Waals surface area contributed by atoms with Crippen LogP contribution in [0.1, 0.15) is 29.6 Å². The first-order valence-electron chi connectivity index (χ1n) is 7.45. The van der Waals surface area contributed by atoms with Crippen LogP contribution in [-0.4, -0.2) is 44.0 Å². The predicted molar refractivity (Wildman–Crippen MR) is 94.7 cm³/mol. The van der Waals surface area contributed by atoms with Crippen molar-refractivity contribution in [1.82, 2.24) is 4.90 Å². The van der Waals surface area contributed by atoms with Crippen LogP contribution in [0, 0.1) is 9.49 Å². The molecule has 126 valence electrons. The molecule has 2 amide bonds. The molecule has 0 aromatic heterocycles. The molecule has 0 saturated carbocycles. The van der Waals surface area contributed by atoms with Crippen LogP contribution in [0.2, 0.25) is 0 Å². The summed E-state index contributed by atoms with van der Waals surface area (Å²) in [5, 5.41) is 0. The average Bonchev–Trinajstić information content (AvgIpc) is 2.54. The van der Waals surface area contributed by atoms with Crippen LogP contribution >= 0.6 is 22.6 Å². The number of likely N-dealkylation sites (tertiary alicyclic amines) is 1. The Kier molecular flexibility index (Phi) is 6.09. The number of nitrogens with two attached hydrogens (primary N) is 1. The number of methoxy groups -OCH3 is 2. The summed E-state index contributed by atoms with van der Waals surface area (Å²) < 4.78 is 11.4. The van der Waals surface area contributed by atoms with Crippen molar-refractivity contribution >= 4 is 34.4 Å². The lowest BCUT2D eigenvalue weighted by molar-refractivity contribution is -0.119. The molecule has 1 heterocycles. The third kappa shape index (κ3) is 4.27. The van der Waals surface area contributed by atoms with Crippen LogP contribution in [0.4, 0.5) is 0 Å². The Balaban J connectivity index is 2.11. The number of piperidine rings is 1. The molecule has 1 aromatic carbocycles. The number of halogens is 1. The van der Waals surface area contributed by atoms with Gasteiger partial charge in [0.25, 0.3) is 5.91 Å². The van der Waals surface area contributed by atoms with Crippen LogP contribution < -0.4 is 15.2 Å². The quantitative estimate of drug-likeness (QED) is 0.723. The van der Waals surface area contributed by atoms with E-state index in [1.165, 1.54) is 0 Å². The van der Waals surface area contributed by atoms with E-state index in [9.17, 15) is 9.59 Å². The average molecular weight is 432 g/mol. The highest BCUT2D eigenvalue weighted by molar-refractivity contribution is 14.1. The number of amides is 2. The molecule has 0 radical (unpaired) electrons. The summed E-state index contributed by atoms with van der Waals surface area (Å²) in [5.74, 6) is 1.13. The molecule has 7 heteroatoms. The first-order valence-corrected chi connectivity index (χ1v) is 8.53. The second-order valence-electron chi connectivity index (χ2n) is 5.59. The summed E-state index contributed by atoms with van der Waals surface area (Å²) in [7, 11) is 3.12. The second kappa shape index (κ2) is 7.85. The molecule has 1 aliphatic heterocycles. The summed E-state index contributed by atoms with van der Waals surface area (Å²) in [6, 6.07) is 3.52. The van der Waals surface area contributed by atoms with Gasteiger partial charge in [-0.1, -0.05) is 0 Å². The monoisotopic (exact) mass is 432 g/mol. The molecule has 1 fully saturated rings. The van der Waals surface area contributed by atoms with Crippen molar-refractivity contribution in [2.75, 3.05) is 27.3 Å². The van der Waals surface area contributed by atoms with Gasteiger partial charge in [-0.25, -0.2) is 0 Å². The van der Waals surface area contributed by atoms with Crippen LogP contribution in [-0.2, 0) is 4.79 Å². The number of carbonyl (C=O) groups excluding carboxylic acids is 2. The fraction of sp³-hybridized carbons (Fsp3) is 0.500. The summed E-state index contributed by atoms with van der Waals surface area (Å²) in [5.41, 5.74) is 5.85. The van der Waals surface area contributed by atoms with Crippen LogP contribution in [0.25, 0.3) is 0 Å². The Morgan fingerprint density at radius 2 is 1.78 bits per heavy atom. The van der Waals surface area contributed by atoms with Crippen molar-refractivity contribution in [3.8, 4) is 11.5 Å². The van der Waals surface area contributed by atoms with Gasteiger partial charge in [0.15, 0.2) is 11.5 Å². The summed E-state index contributed by atoms with van der Waals surface area (Å²) >= 11 is 2.13. The Morgan fingerprint density at radius 1 is 1.22 bits per heavy atom. The van der Waals surface area contributed by atoms with E-state index >= 15 is 0 Å². The molecule has 0 aliphatic carbocycles. The van der Waals surface area contributed by atoms with Crippen LogP contribution in [0.15, 0.2) is 12.1 Å². The maximum atomic E-state index is 12.8. The molecule has 1 saturated heterocycles. The first kappa shape index (κ1) is 17.8. The van der Waals surface area contributed by atoms with E-state index in [2.05, 4.69) is 22.6 Å². The van der Waals surface area contributed by atoms with Crippen molar-refractivity contribution in [2.45, 2.75) is 19.3 Å². The Hall–Kier alpha value is -1.51. The molecule has 0 atom stereocenters. The van der Waals surface area contributed by atoms with Gasteiger partial charge in [0.05, 0.1) is 19.8 Å². The predicted octanol–water partition coefficient (Wildman–Crippen LogP) is 2.04. The summed E-state index contributed by atoms with van der Waals surface area (Å²) in [6.45, 7) is 1.28.